The van der Waals surface area contributed by atoms with Gasteiger partial charge in [0, 0.05) is 18.5 Å². The summed E-state index contributed by atoms with van der Waals surface area (Å²) in [7, 11) is 3.25. The second-order valence-corrected chi connectivity index (χ2v) is 3.63. The molecule has 0 aliphatic heterocycles. The van der Waals surface area contributed by atoms with Crippen molar-refractivity contribution in [2.24, 2.45) is 0 Å². The maximum absolute atomic E-state index is 11.6. The number of rotatable bonds is 3. The fourth-order valence-electron chi connectivity index (χ4n) is 0.935. The summed E-state index contributed by atoms with van der Waals surface area (Å²) in [4.78, 5) is 13.8. The van der Waals surface area contributed by atoms with E-state index in [9.17, 15) is 4.79 Å². The van der Waals surface area contributed by atoms with Gasteiger partial charge in [0.25, 0.3) is 5.91 Å². The first kappa shape index (κ1) is 10.6. The Morgan fingerprint density at radius 3 is 3.00 bits per heavy atom. The van der Waals surface area contributed by atoms with E-state index in [1.54, 1.807) is 25.6 Å². The molecule has 0 aliphatic rings. The first-order valence-corrected chi connectivity index (χ1v) is 4.88. The van der Waals surface area contributed by atoms with E-state index in [0.717, 1.165) is 0 Å². The van der Waals surface area contributed by atoms with Gasteiger partial charge >= 0.3 is 0 Å². The molecule has 0 saturated heterocycles. The van der Waals surface area contributed by atoms with Crippen LogP contribution < -0.4 is 4.74 Å². The number of carbonyl (C=O) groups is 1. The van der Waals surface area contributed by atoms with E-state index < -0.39 is 0 Å². The van der Waals surface area contributed by atoms with Crippen LogP contribution in [0.2, 0.25) is 0 Å². The number of hydrogen-bond donors (Lipinski definition) is 0. The Bertz CT molecular complexity index is 364. The van der Waals surface area contributed by atoms with Gasteiger partial charge in [-0.1, -0.05) is 5.92 Å². The molecule has 1 rings (SSSR count). The van der Waals surface area contributed by atoms with Gasteiger partial charge in [0.15, 0.2) is 0 Å². The molecule has 1 aromatic heterocycles. The highest BCUT2D eigenvalue weighted by Crippen LogP contribution is 2.21. The highest BCUT2D eigenvalue weighted by molar-refractivity contribution is 7.12. The van der Waals surface area contributed by atoms with E-state index in [-0.39, 0.29) is 5.91 Å². The van der Waals surface area contributed by atoms with Crippen molar-refractivity contribution in [1.82, 2.24) is 4.90 Å². The molecule has 14 heavy (non-hydrogen) atoms. The summed E-state index contributed by atoms with van der Waals surface area (Å²) in [5, 5.41) is 1.79. The van der Waals surface area contributed by atoms with Gasteiger partial charge in [-0.3, -0.25) is 4.79 Å². The number of ether oxygens (including phenoxy) is 1. The van der Waals surface area contributed by atoms with Crippen LogP contribution in [0.25, 0.3) is 0 Å². The maximum atomic E-state index is 11.6. The molecule has 4 heteroatoms. The smallest absolute Gasteiger partial charge is 0.264 e. The number of methoxy groups -OCH3 is 1. The Morgan fingerprint density at radius 2 is 2.50 bits per heavy atom. The van der Waals surface area contributed by atoms with E-state index in [4.69, 9.17) is 11.2 Å². The van der Waals surface area contributed by atoms with Crippen LogP contribution in [-0.2, 0) is 0 Å². The van der Waals surface area contributed by atoms with Gasteiger partial charge in [-0.2, -0.15) is 0 Å². The molecule has 0 fully saturated rings. The third kappa shape index (κ3) is 2.27. The van der Waals surface area contributed by atoms with Gasteiger partial charge < -0.3 is 9.64 Å². The lowest BCUT2D eigenvalue weighted by Crippen LogP contribution is -2.26. The first-order chi connectivity index (χ1) is 6.69. The summed E-state index contributed by atoms with van der Waals surface area (Å²) in [6.45, 7) is 0.319. The minimum absolute atomic E-state index is 0.0729. The zero-order valence-corrected chi connectivity index (χ0v) is 8.93. The zero-order chi connectivity index (χ0) is 10.6. The molecule has 1 aromatic rings. The monoisotopic (exact) mass is 209 g/mol. The summed E-state index contributed by atoms with van der Waals surface area (Å²) in [6, 6.07) is 1.71. The van der Waals surface area contributed by atoms with Gasteiger partial charge in [0.2, 0.25) is 0 Å². The molecular weight excluding hydrogens is 198 g/mol. The van der Waals surface area contributed by atoms with Gasteiger partial charge in [0.1, 0.15) is 5.75 Å². The number of thiophene rings is 1. The third-order valence-corrected chi connectivity index (χ3v) is 2.59. The van der Waals surface area contributed by atoms with Crippen molar-refractivity contribution in [3.8, 4) is 18.1 Å². The molecular formula is C10H11NO2S. The number of hydrogen-bond acceptors (Lipinski definition) is 3. The molecule has 0 unspecified atom stereocenters. The van der Waals surface area contributed by atoms with Crippen molar-refractivity contribution in [2.45, 2.75) is 0 Å². The van der Waals surface area contributed by atoms with E-state index in [2.05, 4.69) is 5.92 Å². The lowest BCUT2D eigenvalue weighted by Gasteiger charge is -2.11. The van der Waals surface area contributed by atoms with Gasteiger partial charge in [0.05, 0.1) is 18.5 Å². The molecule has 0 saturated carbocycles. The number of carbonyl (C=O) groups excluding carboxylic acids is 1. The average molecular weight is 209 g/mol. The molecule has 0 N–H and O–H groups in total. The maximum Gasteiger partial charge on any atom is 0.264 e. The first-order valence-electron chi connectivity index (χ1n) is 4.00. The van der Waals surface area contributed by atoms with E-state index >= 15 is 0 Å². The Hall–Kier alpha value is -1.47. The lowest BCUT2D eigenvalue weighted by atomic mass is 10.4. The molecule has 0 bridgehead atoms. The van der Waals surface area contributed by atoms with Gasteiger partial charge in [-0.15, -0.1) is 17.8 Å². The predicted molar refractivity (Wildman–Crippen MR) is 56.7 cm³/mol. The fraction of sp³-hybridized carbons (Fsp3) is 0.300. The molecule has 0 spiro atoms. The van der Waals surface area contributed by atoms with Crippen molar-refractivity contribution >= 4 is 17.2 Å². The van der Waals surface area contributed by atoms with Crippen molar-refractivity contribution < 1.29 is 9.53 Å². The number of amides is 1. The van der Waals surface area contributed by atoms with Crippen LogP contribution in [0.1, 0.15) is 9.67 Å². The Balaban J connectivity index is 2.74. The molecule has 1 heterocycles. The standard InChI is InChI=1S/C10H11NO2S/c1-4-5-11(2)10(12)9-6-8(13-3)7-14-9/h1,6-7H,5H2,2-3H3. The SMILES string of the molecule is C#CCN(C)C(=O)c1cc(OC)cs1. The number of nitrogens with zero attached hydrogens (tertiary/aromatic N) is 1. The molecule has 1 amide bonds. The quantitative estimate of drug-likeness (QED) is 0.705. The van der Waals surface area contributed by atoms with Crippen molar-refractivity contribution in [2.75, 3.05) is 20.7 Å². The Morgan fingerprint density at radius 1 is 1.79 bits per heavy atom. The predicted octanol–water partition coefficient (Wildman–Crippen LogP) is 1.46. The topological polar surface area (TPSA) is 29.5 Å². The van der Waals surface area contributed by atoms with Crippen molar-refractivity contribution in [1.29, 1.82) is 0 Å². The molecule has 0 aliphatic carbocycles. The third-order valence-electron chi connectivity index (χ3n) is 1.70. The van der Waals surface area contributed by atoms with Crippen LogP contribution >= 0.6 is 11.3 Å². The molecule has 0 aromatic carbocycles. The number of terminal acetylenes is 1. The van der Waals surface area contributed by atoms with Crippen LogP contribution in [0, 0.1) is 12.3 Å². The minimum atomic E-state index is -0.0729. The van der Waals surface area contributed by atoms with Crippen molar-refractivity contribution in [3.63, 3.8) is 0 Å². The van der Waals surface area contributed by atoms with Crippen LogP contribution in [0.15, 0.2) is 11.4 Å². The Kier molecular flexibility index (Phi) is 3.55. The summed E-state index contributed by atoms with van der Waals surface area (Å²) in [5.74, 6) is 3.05. The van der Waals surface area contributed by atoms with Crippen LogP contribution in [-0.4, -0.2) is 31.5 Å². The molecule has 0 radical (unpaired) electrons. The minimum Gasteiger partial charge on any atom is -0.496 e. The normalized spacial score (nSPS) is 9.21. The van der Waals surface area contributed by atoms with Crippen LogP contribution in [0.3, 0.4) is 0 Å². The summed E-state index contributed by atoms with van der Waals surface area (Å²) in [5.41, 5.74) is 0. The van der Waals surface area contributed by atoms with E-state index in [0.29, 0.717) is 17.2 Å². The lowest BCUT2D eigenvalue weighted by molar-refractivity contribution is 0.0817. The van der Waals surface area contributed by atoms with Gasteiger partial charge in [-0.05, 0) is 0 Å². The van der Waals surface area contributed by atoms with Crippen LogP contribution in [0.4, 0.5) is 0 Å². The van der Waals surface area contributed by atoms with E-state index in [1.165, 1.54) is 16.2 Å². The van der Waals surface area contributed by atoms with Gasteiger partial charge in [-0.25, -0.2) is 0 Å². The van der Waals surface area contributed by atoms with Crippen molar-refractivity contribution in [3.05, 3.63) is 16.3 Å². The Labute approximate surface area is 87.3 Å². The highest BCUT2D eigenvalue weighted by Gasteiger charge is 2.13. The van der Waals surface area contributed by atoms with E-state index in [1.807, 2.05) is 0 Å². The summed E-state index contributed by atoms with van der Waals surface area (Å²) >= 11 is 1.35. The summed E-state index contributed by atoms with van der Waals surface area (Å²) < 4.78 is 4.98. The largest absolute Gasteiger partial charge is 0.496 e. The second-order valence-electron chi connectivity index (χ2n) is 2.72. The zero-order valence-electron chi connectivity index (χ0n) is 8.11. The molecule has 0 atom stereocenters. The fourth-order valence-corrected chi connectivity index (χ4v) is 1.78. The highest BCUT2D eigenvalue weighted by atomic mass is 32.1. The summed E-state index contributed by atoms with van der Waals surface area (Å²) in [6.07, 6.45) is 5.11. The second kappa shape index (κ2) is 4.68. The molecule has 74 valence electrons. The van der Waals surface area contributed by atoms with Crippen LogP contribution in [0.5, 0.6) is 5.75 Å². The molecule has 3 nitrogen and oxygen atoms in total. The average Bonchev–Trinajstić information content (AvgIpc) is 2.65.